The Morgan fingerprint density at radius 2 is 1.65 bits per heavy atom. The van der Waals surface area contributed by atoms with Gasteiger partial charge in [-0.25, -0.2) is 0 Å². The van der Waals surface area contributed by atoms with Gasteiger partial charge in [0.25, 0.3) is 11.1 Å². The van der Waals surface area contributed by atoms with Crippen LogP contribution >= 0.6 is 11.8 Å². The fourth-order valence-electron chi connectivity index (χ4n) is 5.00. The molecule has 3 aliphatic heterocycles. The van der Waals surface area contributed by atoms with Crippen molar-refractivity contribution in [2.24, 2.45) is 5.41 Å². The fourth-order valence-corrected chi connectivity index (χ4v) is 5.77. The van der Waals surface area contributed by atoms with E-state index in [1.54, 1.807) is 0 Å². The Morgan fingerprint density at radius 3 is 2.32 bits per heavy atom. The molecule has 0 aliphatic carbocycles. The van der Waals surface area contributed by atoms with E-state index in [9.17, 15) is 14.4 Å². The smallest absolute Gasteiger partial charge is 0.279 e. The SMILES string of the molecule is O=C1NC(C(=O)N2CCC3(CCN(C(=O)c4ccccc4-n4cccc4)CC3)C2)CS1. The summed E-state index contributed by atoms with van der Waals surface area (Å²) in [7, 11) is 0. The van der Waals surface area contributed by atoms with Gasteiger partial charge in [0, 0.05) is 44.3 Å². The molecule has 1 spiro atoms. The zero-order valence-corrected chi connectivity index (χ0v) is 18.1. The molecule has 1 atom stereocenters. The van der Waals surface area contributed by atoms with Gasteiger partial charge < -0.3 is 19.7 Å². The van der Waals surface area contributed by atoms with Crippen molar-refractivity contribution in [3.8, 4) is 5.69 Å². The number of nitrogens with one attached hydrogen (secondary N) is 1. The molecule has 1 unspecified atom stereocenters. The third-order valence-electron chi connectivity index (χ3n) is 6.85. The number of likely N-dealkylation sites (tertiary alicyclic amines) is 2. The first-order valence-electron chi connectivity index (χ1n) is 10.8. The van der Waals surface area contributed by atoms with Gasteiger partial charge in [-0.05, 0) is 48.9 Å². The Bertz CT molecular complexity index is 998. The number of hydrogen-bond donors (Lipinski definition) is 1. The first kappa shape index (κ1) is 20.2. The zero-order chi connectivity index (χ0) is 21.4. The molecular weight excluding hydrogens is 412 g/mol. The summed E-state index contributed by atoms with van der Waals surface area (Å²) in [6.07, 6.45) is 6.67. The summed E-state index contributed by atoms with van der Waals surface area (Å²) >= 11 is 1.18. The highest BCUT2D eigenvalue weighted by atomic mass is 32.2. The molecule has 162 valence electrons. The van der Waals surface area contributed by atoms with Gasteiger partial charge in [-0.2, -0.15) is 0 Å². The molecule has 1 aromatic carbocycles. The van der Waals surface area contributed by atoms with E-state index >= 15 is 0 Å². The molecule has 4 heterocycles. The summed E-state index contributed by atoms with van der Waals surface area (Å²) in [6, 6.07) is 11.2. The molecular formula is C23H26N4O3S. The second-order valence-corrected chi connectivity index (χ2v) is 9.70. The van der Waals surface area contributed by atoms with Crippen molar-refractivity contribution in [1.29, 1.82) is 0 Å². The summed E-state index contributed by atoms with van der Waals surface area (Å²) in [5, 5.41) is 2.64. The quantitative estimate of drug-likeness (QED) is 0.800. The molecule has 0 radical (unpaired) electrons. The predicted molar refractivity (Wildman–Crippen MR) is 119 cm³/mol. The number of thioether (sulfide) groups is 1. The van der Waals surface area contributed by atoms with Gasteiger partial charge in [-0.3, -0.25) is 14.4 Å². The van der Waals surface area contributed by atoms with Gasteiger partial charge in [-0.1, -0.05) is 23.9 Å². The van der Waals surface area contributed by atoms with Gasteiger partial charge in [0.05, 0.1) is 11.3 Å². The number of hydrogen-bond acceptors (Lipinski definition) is 4. The molecule has 0 bridgehead atoms. The number of rotatable bonds is 3. The molecule has 3 fully saturated rings. The number of carbonyl (C=O) groups is 3. The van der Waals surface area contributed by atoms with Crippen LogP contribution in [-0.2, 0) is 4.79 Å². The number of piperidine rings is 1. The van der Waals surface area contributed by atoms with Gasteiger partial charge in [0.2, 0.25) is 5.91 Å². The minimum atomic E-state index is -0.389. The Hall–Kier alpha value is -2.74. The van der Waals surface area contributed by atoms with Crippen LogP contribution < -0.4 is 5.32 Å². The standard InChI is InChI=1S/C23H26N4O3S/c28-20(17-5-1-2-6-19(17)25-10-3-4-11-25)26-12-7-23(8-13-26)9-14-27(16-23)21(29)18-15-31-22(30)24-18/h1-6,10-11,18H,7-9,12-16H2,(H,24,30). The number of para-hydroxylation sites is 1. The Labute approximate surface area is 185 Å². The number of benzene rings is 1. The van der Waals surface area contributed by atoms with Crippen LogP contribution in [0.4, 0.5) is 4.79 Å². The van der Waals surface area contributed by atoms with Crippen molar-refractivity contribution in [3.63, 3.8) is 0 Å². The average Bonchev–Trinajstić information content (AvgIpc) is 3.55. The lowest BCUT2D eigenvalue weighted by atomic mass is 9.77. The van der Waals surface area contributed by atoms with E-state index in [1.165, 1.54) is 11.8 Å². The third-order valence-corrected chi connectivity index (χ3v) is 7.73. The molecule has 3 aliphatic rings. The molecule has 0 saturated carbocycles. The van der Waals surface area contributed by atoms with Crippen LogP contribution in [0.3, 0.4) is 0 Å². The van der Waals surface area contributed by atoms with E-state index in [4.69, 9.17) is 0 Å². The lowest BCUT2D eigenvalue weighted by Gasteiger charge is -2.39. The predicted octanol–water partition coefficient (Wildman–Crippen LogP) is 2.76. The molecule has 7 nitrogen and oxygen atoms in total. The number of carbonyl (C=O) groups excluding carboxylic acids is 3. The van der Waals surface area contributed by atoms with Crippen LogP contribution in [0.25, 0.3) is 5.69 Å². The maximum atomic E-state index is 13.3. The maximum Gasteiger partial charge on any atom is 0.279 e. The van der Waals surface area contributed by atoms with Gasteiger partial charge in [0.1, 0.15) is 6.04 Å². The van der Waals surface area contributed by atoms with Crippen molar-refractivity contribution < 1.29 is 14.4 Å². The minimum Gasteiger partial charge on any atom is -0.340 e. The molecule has 3 saturated heterocycles. The van der Waals surface area contributed by atoms with Crippen LogP contribution in [0.15, 0.2) is 48.8 Å². The van der Waals surface area contributed by atoms with Gasteiger partial charge in [0.15, 0.2) is 0 Å². The Kier molecular flexibility index (Phi) is 5.25. The fraction of sp³-hybridized carbons (Fsp3) is 0.435. The topological polar surface area (TPSA) is 74.7 Å². The lowest BCUT2D eigenvalue weighted by molar-refractivity contribution is -0.132. The first-order valence-corrected chi connectivity index (χ1v) is 11.8. The summed E-state index contributed by atoms with van der Waals surface area (Å²) < 4.78 is 1.97. The van der Waals surface area contributed by atoms with Crippen LogP contribution in [0.1, 0.15) is 29.6 Å². The minimum absolute atomic E-state index is 0.0365. The van der Waals surface area contributed by atoms with E-state index in [0.29, 0.717) is 24.4 Å². The number of amides is 3. The van der Waals surface area contributed by atoms with Crippen LogP contribution in [0.5, 0.6) is 0 Å². The molecule has 31 heavy (non-hydrogen) atoms. The van der Waals surface area contributed by atoms with Crippen molar-refractivity contribution in [2.45, 2.75) is 25.3 Å². The average molecular weight is 439 g/mol. The number of nitrogens with zero attached hydrogens (tertiary/aromatic N) is 3. The van der Waals surface area contributed by atoms with Gasteiger partial charge in [-0.15, -0.1) is 0 Å². The second-order valence-electron chi connectivity index (χ2n) is 8.70. The highest BCUT2D eigenvalue weighted by Gasteiger charge is 2.44. The van der Waals surface area contributed by atoms with E-state index in [1.807, 2.05) is 63.2 Å². The normalized spacial score (nSPS) is 22.7. The third kappa shape index (κ3) is 3.84. The second kappa shape index (κ2) is 8.07. The highest BCUT2D eigenvalue weighted by molar-refractivity contribution is 8.14. The molecule has 8 heteroatoms. The summed E-state index contributed by atoms with van der Waals surface area (Å²) in [4.78, 5) is 41.3. The molecule has 2 aromatic rings. The number of aromatic nitrogens is 1. The zero-order valence-electron chi connectivity index (χ0n) is 17.3. The summed E-state index contributed by atoms with van der Waals surface area (Å²) in [6.45, 7) is 2.87. The molecule has 1 aromatic heterocycles. The largest absolute Gasteiger partial charge is 0.340 e. The monoisotopic (exact) mass is 438 g/mol. The molecule has 3 amide bonds. The Morgan fingerprint density at radius 1 is 0.968 bits per heavy atom. The van der Waals surface area contributed by atoms with E-state index in [0.717, 1.165) is 38.0 Å². The van der Waals surface area contributed by atoms with E-state index in [-0.39, 0.29) is 28.5 Å². The highest BCUT2D eigenvalue weighted by Crippen LogP contribution is 2.41. The van der Waals surface area contributed by atoms with E-state index in [2.05, 4.69) is 5.32 Å². The first-order chi connectivity index (χ1) is 15.0. The summed E-state index contributed by atoms with van der Waals surface area (Å²) in [5.41, 5.74) is 1.70. The van der Waals surface area contributed by atoms with Crippen molar-refractivity contribution in [1.82, 2.24) is 19.7 Å². The van der Waals surface area contributed by atoms with Crippen LogP contribution in [0.2, 0.25) is 0 Å². The molecule has 1 N–H and O–H groups in total. The van der Waals surface area contributed by atoms with Crippen molar-refractivity contribution >= 4 is 28.8 Å². The van der Waals surface area contributed by atoms with Crippen LogP contribution in [-0.4, -0.2) is 69.4 Å². The van der Waals surface area contributed by atoms with Crippen molar-refractivity contribution in [2.75, 3.05) is 31.9 Å². The Balaban J connectivity index is 1.23. The van der Waals surface area contributed by atoms with Crippen LogP contribution in [0, 0.1) is 5.41 Å². The van der Waals surface area contributed by atoms with Gasteiger partial charge >= 0.3 is 0 Å². The van der Waals surface area contributed by atoms with E-state index < -0.39 is 0 Å². The maximum absolute atomic E-state index is 13.3. The lowest BCUT2D eigenvalue weighted by Crippen LogP contribution is -2.47. The molecule has 5 rings (SSSR count). The summed E-state index contributed by atoms with van der Waals surface area (Å²) in [5.74, 6) is 0.620. The van der Waals surface area contributed by atoms with Crippen molar-refractivity contribution in [3.05, 3.63) is 54.4 Å².